The minimum Gasteiger partial charge on any atom is -0.480 e. The number of amides is 1. The first kappa shape index (κ1) is 18.7. The van der Waals surface area contributed by atoms with Crippen molar-refractivity contribution in [1.29, 1.82) is 0 Å². The molecule has 1 aliphatic rings. The van der Waals surface area contributed by atoms with Crippen molar-refractivity contribution in [2.75, 3.05) is 6.54 Å². The summed E-state index contributed by atoms with van der Waals surface area (Å²) in [6.45, 7) is 5.82. The Morgan fingerprint density at radius 3 is 2.46 bits per heavy atom. The molecular formula is C17H22BrNO5. The van der Waals surface area contributed by atoms with Crippen LogP contribution < -0.4 is 0 Å². The molecule has 2 rings (SSSR count). The summed E-state index contributed by atoms with van der Waals surface area (Å²) in [7, 11) is 0. The topological polar surface area (TPSA) is 76.1 Å². The number of halogens is 1. The molecule has 6 nitrogen and oxygen atoms in total. The van der Waals surface area contributed by atoms with Gasteiger partial charge in [0.1, 0.15) is 11.6 Å². The Morgan fingerprint density at radius 1 is 1.29 bits per heavy atom. The monoisotopic (exact) mass is 399 g/mol. The Kier molecular flexibility index (Phi) is 5.87. The van der Waals surface area contributed by atoms with Gasteiger partial charge >= 0.3 is 12.1 Å². The van der Waals surface area contributed by atoms with E-state index in [-0.39, 0.29) is 19.1 Å². The minimum atomic E-state index is -1.05. The van der Waals surface area contributed by atoms with Gasteiger partial charge in [-0.15, -0.1) is 0 Å². The second-order valence-electron chi connectivity index (χ2n) is 6.78. The summed E-state index contributed by atoms with van der Waals surface area (Å²) in [6.07, 6.45) is -0.697. The third kappa shape index (κ3) is 5.21. The number of benzene rings is 1. The van der Waals surface area contributed by atoms with Gasteiger partial charge in [-0.05, 0) is 38.5 Å². The van der Waals surface area contributed by atoms with E-state index in [0.717, 1.165) is 10.0 Å². The molecule has 24 heavy (non-hydrogen) atoms. The summed E-state index contributed by atoms with van der Waals surface area (Å²) < 4.78 is 12.1. The number of carbonyl (C=O) groups excluding carboxylic acids is 1. The number of carboxylic acid groups (broad SMARTS) is 1. The second kappa shape index (κ2) is 7.53. The lowest BCUT2D eigenvalue weighted by Gasteiger charge is -2.26. The van der Waals surface area contributed by atoms with E-state index in [1.165, 1.54) is 4.90 Å². The fourth-order valence-electron chi connectivity index (χ4n) is 2.47. The second-order valence-corrected chi connectivity index (χ2v) is 7.70. The van der Waals surface area contributed by atoms with Crippen molar-refractivity contribution in [2.45, 2.75) is 51.5 Å². The zero-order chi connectivity index (χ0) is 17.9. The summed E-state index contributed by atoms with van der Waals surface area (Å²) in [4.78, 5) is 24.9. The highest BCUT2D eigenvalue weighted by Crippen LogP contribution is 2.24. The third-order valence-electron chi connectivity index (χ3n) is 3.57. The summed E-state index contributed by atoms with van der Waals surface area (Å²) in [5, 5.41) is 9.35. The lowest BCUT2D eigenvalue weighted by atomic mass is 10.2. The highest BCUT2D eigenvalue weighted by Gasteiger charge is 2.42. The Morgan fingerprint density at radius 2 is 1.92 bits per heavy atom. The number of aliphatic carboxylic acids is 1. The van der Waals surface area contributed by atoms with Gasteiger partial charge in [-0.3, -0.25) is 4.90 Å². The zero-order valence-electron chi connectivity index (χ0n) is 14.0. The fraction of sp³-hybridized carbons (Fsp3) is 0.529. The van der Waals surface area contributed by atoms with Gasteiger partial charge in [-0.1, -0.05) is 28.1 Å². The summed E-state index contributed by atoms with van der Waals surface area (Å²) >= 11 is 3.37. The number of hydrogen-bond acceptors (Lipinski definition) is 4. The SMILES string of the molecule is CC(C)(C)OC(=O)N1CC(OCc2ccc(Br)cc2)C[C@H]1C(=O)O. The molecule has 132 valence electrons. The van der Waals surface area contributed by atoms with Crippen LogP contribution in [0.25, 0.3) is 0 Å². The van der Waals surface area contributed by atoms with Crippen LogP contribution in [0.3, 0.4) is 0 Å². The lowest BCUT2D eigenvalue weighted by molar-refractivity contribution is -0.142. The van der Waals surface area contributed by atoms with Gasteiger partial charge in [-0.25, -0.2) is 9.59 Å². The number of likely N-dealkylation sites (tertiary alicyclic amines) is 1. The number of carbonyl (C=O) groups is 2. The Labute approximate surface area is 149 Å². The lowest BCUT2D eigenvalue weighted by Crippen LogP contribution is -2.43. The number of nitrogens with zero attached hydrogens (tertiary/aromatic N) is 1. The maximum Gasteiger partial charge on any atom is 0.411 e. The van der Waals surface area contributed by atoms with Crippen LogP contribution in [0.2, 0.25) is 0 Å². The molecule has 1 aromatic rings. The first-order valence-corrected chi connectivity index (χ1v) is 8.53. The molecule has 0 spiro atoms. The van der Waals surface area contributed by atoms with Crippen LogP contribution >= 0.6 is 15.9 Å². The number of rotatable bonds is 4. The summed E-state index contributed by atoms with van der Waals surface area (Å²) in [5.74, 6) is -1.05. The molecule has 1 unspecified atom stereocenters. The van der Waals surface area contributed by atoms with Crippen LogP contribution in [0.1, 0.15) is 32.8 Å². The van der Waals surface area contributed by atoms with Crippen molar-refractivity contribution in [3.8, 4) is 0 Å². The van der Waals surface area contributed by atoms with E-state index in [0.29, 0.717) is 6.61 Å². The van der Waals surface area contributed by atoms with E-state index in [4.69, 9.17) is 9.47 Å². The predicted octanol–water partition coefficient (Wildman–Crippen LogP) is 3.43. The molecule has 1 fully saturated rings. The van der Waals surface area contributed by atoms with Crippen molar-refractivity contribution < 1.29 is 24.2 Å². The van der Waals surface area contributed by atoms with Crippen molar-refractivity contribution in [2.24, 2.45) is 0 Å². The average Bonchev–Trinajstić information content (AvgIpc) is 2.89. The van der Waals surface area contributed by atoms with Crippen molar-refractivity contribution in [3.63, 3.8) is 0 Å². The van der Waals surface area contributed by atoms with Crippen molar-refractivity contribution >= 4 is 28.0 Å². The highest BCUT2D eigenvalue weighted by molar-refractivity contribution is 9.10. The zero-order valence-corrected chi connectivity index (χ0v) is 15.6. The first-order valence-electron chi connectivity index (χ1n) is 7.74. The standard InChI is InChI=1S/C17H22BrNO5/c1-17(2,3)24-16(22)19-9-13(8-14(19)15(20)21)23-10-11-4-6-12(18)7-5-11/h4-7,13-14H,8-10H2,1-3H3,(H,20,21)/t13?,14-/m0/s1. The molecule has 1 N–H and O–H groups in total. The quantitative estimate of drug-likeness (QED) is 0.838. The molecule has 0 aromatic heterocycles. The van der Waals surface area contributed by atoms with Gasteiger partial charge < -0.3 is 14.6 Å². The van der Waals surface area contributed by atoms with E-state index >= 15 is 0 Å². The number of carboxylic acids is 1. The third-order valence-corrected chi connectivity index (χ3v) is 4.10. The fourth-order valence-corrected chi connectivity index (χ4v) is 2.73. The average molecular weight is 400 g/mol. The Bertz CT molecular complexity index is 596. The molecule has 1 amide bonds. The van der Waals surface area contributed by atoms with Crippen LogP contribution in [-0.2, 0) is 20.9 Å². The summed E-state index contributed by atoms with van der Waals surface area (Å²) in [6, 6.07) is 6.77. The maximum atomic E-state index is 12.2. The molecule has 2 atom stereocenters. The normalized spacial score (nSPS) is 20.9. The molecule has 1 aliphatic heterocycles. The van der Waals surface area contributed by atoms with Crippen LogP contribution in [0.5, 0.6) is 0 Å². The van der Waals surface area contributed by atoms with E-state index in [2.05, 4.69) is 15.9 Å². The molecule has 7 heteroatoms. The molecule has 0 radical (unpaired) electrons. The van der Waals surface area contributed by atoms with Gasteiger partial charge in [0.15, 0.2) is 0 Å². The first-order chi connectivity index (χ1) is 11.2. The van der Waals surface area contributed by atoms with E-state index in [1.807, 2.05) is 24.3 Å². The minimum absolute atomic E-state index is 0.211. The molecule has 1 heterocycles. The van der Waals surface area contributed by atoms with Gasteiger partial charge in [-0.2, -0.15) is 0 Å². The van der Waals surface area contributed by atoms with Crippen LogP contribution in [0.15, 0.2) is 28.7 Å². The summed E-state index contributed by atoms with van der Waals surface area (Å²) in [5.41, 5.74) is 0.317. The van der Waals surface area contributed by atoms with Gasteiger partial charge in [0.2, 0.25) is 0 Å². The molecule has 0 bridgehead atoms. The van der Waals surface area contributed by atoms with Gasteiger partial charge in [0.05, 0.1) is 19.3 Å². The highest BCUT2D eigenvalue weighted by atomic mass is 79.9. The molecular weight excluding hydrogens is 378 g/mol. The van der Waals surface area contributed by atoms with Crippen LogP contribution in [-0.4, -0.2) is 46.4 Å². The van der Waals surface area contributed by atoms with Gasteiger partial charge in [0.25, 0.3) is 0 Å². The maximum absolute atomic E-state index is 12.2. The number of ether oxygens (including phenoxy) is 2. The van der Waals surface area contributed by atoms with E-state index in [1.54, 1.807) is 20.8 Å². The molecule has 1 aromatic carbocycles. The van der Waals surface area contributed by atoms with Gasteiger partial charge in [0, 0.05) is 10.9 Å². The predicted molar refractivity (Wildman–Crippen MR) is 91.7 cm³/mol. The molecule has 0 saturated carbocycles. The van der Waals surface area contributed by atoms with E-state index < -0.39 is 23.7 Å². The smallest absolute Gasteiger partial charge is 0.411 e. The Hall–Kier alpha value is -1.60. The van der Waals surface area contributed by atoms with Crippen LogP contribution in [0.4, 0.5) is 4.79 Å². The van der Waals surface area contributed by atoms with Crippen LogP contribution in [0, 0.1) is 0 Å². The van der Waals surface area contributed by atoms with Crippen molar-refractivity contribution in [3.05, 3.63) is 34.3 Å². The number of hydrogen-bond donors (Lipinski definition) is 1. The molecule has 1 saturated heterocycles. The largest absolute Gasteiger partial charge is 0.480 e. The molecule has 0 aliphatic carbocycles. The van der Waals surface area contributed by atoms with Crippen molar-refractivity contribution in [1.82, 2.24) is 4.90 Å². The van der Waals surface area contributed by atoms with E-state index in [9.17, 15) is 14.7 Å². The Balaban J connectivity index is 1.97.